The largest absolute Gasteiger partial charge is 0.481 e. The van der Waals surface area contributed by atoms with Crippen molar-refractivity contribution in [3.05, 3.63) is 65.5 Å². The van der Waals surface area contributed by atoms with Gasteiger partial charge in [0.15, 0.2) is 0 Å². The smallest absolute Gasteiger partial charge is 0.315 e. The van der Waals surface area contributed by atoms with Gasteiger partial charge in [-0.1, -0.05) is 44.2 Å². The van der Waals surface area contributed by atoms with Crippen molar-refractivity contribution in [3.8, 4) is 0 Å². The second-order valence-corrected chi connectivity index (χ2v) is 5.03. The third-order valence-electron chi connectivity index (χ3n) is 3.72. The minimum Gasteiger partial charge on any atom is -0.481 e. The van der Waals surface area contributed by atoms with Crippen LogP contribution in [0.4, 0.5) is 0 Å². The zero-order valence-electron chi connectivity index (χ0n) is 11.8. The minimum absolute atomic E-state index is 0.491. The average Bonchev–Trinajstić information content (AvgIpc) is 2.48. The monoisotopic (exact) mass is 269 g/mol. The third kappa shape index (κ3) is 3.05. The first kappa shape index (κ1) is 14.3. The molecule has 0 aliphatic carbocycles. The molecule has 0 fully saturated rings. The topological polar surface area (TPSA) is 50.2 Å². The van der Waals surface area contributed by atoms with Gasteiger partial charge in [-0.3, -0.25) is 9.78 Å². The fourth-order valence-electron chi connectivity index (χ4n) is 2.28. The number of carboxylic acid groups (broad SMARTS) is 1. The van der Waals surface area contributed by atoms with Crippen LogP contribution in [0.5, 0.6) is 0 Å². The Kier molecular flexibility index (Phi) is 4.51. The van der Waals surface area contributed by atoms with Crippen molar-refractivity contribution >= 4 is 5.97 Å². The van der Waals surface area contributed by atoms with Crippen LogP contribution in [-0.4, -0.2) is 16.1 Å². The Morgan fingerprint density at radius 2 is 1.80 bits per heavy atom. The van der Waals surface area contributed by atoms with Crippen LogP contribution in [0.2, 0.25) is 0 Å². The lowest BCUT2D eigenvalue weighted by molar-refractivity contribution is -0.137. The quantitative estimate of drug-likeness (QED) is 0.898. The lowest BCUT2D eigenvalue weighted by atomic mass is 9.90. The zero-order valence-corrected chi connectivity index (χ0v) is 11.8. The molecule has 104 valence electrons. The first-order chi connectivity index (χ1) is 9.63. The Hall–Kier alpha value is -2.16. The molecule has 2 rings (SSSR count). The zero-order chi connectivity index (χ0) is 14.5. The lowest BCUT2D eigenvalue weighted by Crippen LogP contribution is -2.13. The predicted octanol–water partition coefficient (Wildman–Crippen LogP) is 3.81. The van der Waals surface area contributed by atoms with Gasteiger partial charge in [0, 0.05) is 12.4 Å². The van der Waals surface area contributed by atoms with Gasteiger partial charge in [0.1, 0.15) is 5.92 Å². The summed E-state index contributed by atoms with van der Waals surface area (Å²) in [5.41, 5.74) is 2.74. The normalized spacial score (nSPS) is 13.7. The molecule has 2 atom stereocenters. The number of nitrogens with zero attached hydrogens (tertiary/aromatic N) is 1. The van der Waals surface area contributed by atoms with Crippen molar-refractivity contribution in [2.75, 3.05) is 0 Å². The van der Waals surface area contributed by atoms with Crippen LogP contribution in [0.25, 0.3) is 0 Å². The highest BCUT2D eigenvalue weighted by atomic mass is 16.4. The molecular weight excluding hydrogens is 250 g/mol. The van der Waals surface area contributed by atoms with E-state index >= 15 is 0 Å². The van der Waals surface area contributed by atoms with E-state index in [9.17, 15) is 9.90 Å². The van der Waals surface area contributed by atoms with Gasteiger partial charge < -0.3 is 5.11 Å². The van der Waals surface area contributed by atoms with Gasteiger partial charge in [-0.15, -0.1) is 0 Å². The van der Waals surface area contributed by atoms with E-state index in [0.717, 1.165) is 12.0 Å². The fourth-order valence-corrected chi connectivity index (χ4v) is 2.28. The number of benzene rings is 1. The number of aromatic nitrogens is 1. The summed E-state index contributed by atoms with van der Waals surface area (Å²) in [6.45, 7) is 4.32. The van der Waals surface area contributed by atoms with Gasteiger partial charge in [0.2, 0.25) is 0 Å². The maximum absolute atomic E-state index is 11.5. The van der Waals surface area contributed by atoms with E-state index in [1.165, 1.54) is 5.56 Å². The number of pyridine rings is 1. The van der Waals surface area contributed by atoms with Crippen molar-refractivity contribution in [1.82, 2.24) is 4.98 Å². The molecule has 0 aliphatic rings. The standard InChI is InChI=1S/C17H19NO2/c1-3-12(2)13-6-8-14(9-7-13)16(17(19)20)15-5-4-10-18-11-15/h4-12,16H,3H2,1-2H3,(H,19,20). The Labute approximate surface area is 119 Å². The fraction of sp³-hybridized carbons (Fsp3) is 0.294. The average molecular weight is 269 g/mol. The van der Waals surface area contributed by atoms with E-state index in [2.05, 4.69) is 18.8 Å². The highest BCUT2D eigenvalue weighted by molar-refractivity contribution is 5.80. The molecule has 0 bridgehead atoms. The molecule has 20 heavy (non-hydrogen) atoms. The Morgan fingerprint density at radius 3 is 2.30 bits per heavy atom. The van der Waals surface area contributed by atoms with Crippen LogP contribution in [0.1, 0.15) is 48.8 Å². The van der Waals surface area contributed by atoms with Crippen molar-refractivity contribution < 1.29 is 9.90 Å². The molecule has 0 aliphatic heterocycles. The second kappa shape index (κ2) is 6.33. The maximum Gasteiger partial charge on any atom is 0.315 e. The van der Waals surface area contributed by atoms with Crippen LogP contribution in [0, 0.1) is 0 Å². The summed E-state index contributed by atoms with van der Waals surface area (Å²) in [6.07, 6.45) is 4.33. The highest BCUT2D eigenvalue weighted by Crippen LogP contribution is 2.26. The summed E-state index contributed by atoms with van der Waals surface area (Å²) in [7, 11) is 0. The molecule has 1 heterocycles. The van der Waals surface area contributed by atoms with Gasteiger partial charge >= 0.3 is 5.97 Å². The molecule has 0 radical (unpaired) electrons. The first-order valence-electron chi connectivity index (χ1n) is 6.86. The van der Waals surface area contributed by atoms with Crippen LogP contribution >= 0.6 is 0 Å². The number of carboxylic acids is 1. The van der Waals surface area contributed by atoms with Crippen molar-refractivity contribution in [3.63, 3.8) is 0 Å². The first-order valence-corrected chi connectivity index (χ1v) is 6.86. The van der Waals surface area contributed by atoms with Crippen LogP contribution in [0.3, 0.4) is 0 Å². The van der Waals surface area contributed by atoms with Crippen molar-refractivity contribution in [1.29, 1.82) is 0 Å². The second-order valence-electron chi connectivity index (χ2n) is 5.03. The summed E-state index contributed by atoms with van der Waals surface area (Å²) in [6, 6.07) is 11.4. The van der Waals surface area contributed by atoms with Gasteiger partial charge in [0.25, 0.3) is 0 Å². The van der Waals surface area contributed by atoms with E-state index in [1.807, 2.05) is 24.3 Å². The maximum atomic E-state index is 11.5. The molecule has 0 saturated carbocycles. The lowest BCUT2D eigenvalue weighted by Gasteiger charge is -2.15. The Bertz CT molecular complexity index is 563. The summed E-state index contributed by atoms with van der Waals surface area (Å²) in [5.74, 6) is -1.02. The molecule has 1 N–H and O–H groups in total. The number of hydrogen-bond donors (Lipinski definition) is 1. The summed E-state index contributed by atoms with van der Waals surface area (Å²) < 4.78 is 0. The van der Waals surface area contributed by atoms with Gasteiger partial charge in [-0.2, -0.15) is 0 Å². The van der Waals surface area contributed by atoms with Gasteiger partial charge in [0.05, 0.1) is 0 Å². The molecule has 1 aromatic carbocycles. The van der Waals surface area contributed by atoms with E-state index in [4.69, 9.17) is 0 Å². The summed E-state index contributed by atoms with van der Waals surface area (Å²) >= 11 is 0. The molecule has 0 saturated heterocycles. The number of rotatable bonds is 5. The van der Waals surface area contributed by atoms with E-state index in [0.29, 0.717) is 11.5 Å². The highest BCUT2D eigenvalue weighted by Gasteiger charge is 2.22. The molecule has 3 nitrogen and oxygen atoms in total. The molecule has 0 amide bonds. The van der Waals surface area contributed by atoms with Gasteiger partial charge in [-0.05, 0) is 35.1 Å². The molecule has 0 spiro atoms. The van der Waals surface area contributed by atoms with Crippen molar-refractivity contribution in [2.45, 2.75) is 32.1 Å². The number of aliphatic carboxylic acids is 1. The number of hydrogen-bond acceptors (Lipinski definition) is 2. The molecule has 2 unspecified atom stereocenters. The van der Waals surface area contributed by atoms with E-state index in [-0.39, 0.29) is 0 Å². The minimum atomic E-state index is -0.853. The molecule has 3 heteroatoms. The Balaban J connectivity index is 2.34. The number of carbonyl (C=O) groups is 1. The molecule has 1 aromatic heterocycles. The van der Waals surface area contributed by atoms with E-state index < -0.39 is 11.9 Å². The SMILES string of the molecule is CCC(C)c1ccc(C(C(=O)O)c2cccnc2)cc1. The summed E-state index contributed by atoms with van der Waals surface area (Å²) in [5, 5.41) is 9.48. The van der Waals surface area contributed by atoms with Crippen LogP contribution < -0.4 is 0 Å². The van der Waals surface area contributed by atoms with Crippen molar-refractivity contribution in [2.24, 2.45) is 0 Å². The predicted molar refractivity (Wildman–Crippen MR) is 78.9 cm³/mol. The molecular formula is C17H19NO2. The van der Waals surface area contributed by atoms with E-state index in [1.54, 1.807) is 24.5 Å². The van der Waals surface area contributed by atoms with Crippen LogP contribution in [-0.2, 0) is 4.79 Å². The van der Waals surface area contributed by atoms with Crippen LogP contribution in [0.15, 0.2) is 48.8 Å². The third-order valence-corrected chi connectivity index (χ3v) is 3.72. The van der Waals surface area contributed by atoms with Gasteiger partial charge in [-0.25, -0.2) is 0 Å². The summed E-state index contributed by atoms with van der Waals surface area (Å²) in [4.78, 5) is 15.6. The Morgan fingerprint density at radius 1 is 1.15 bits per heavy atom. The molecule has 2 aromatic rings.